The number of carbonyl (C=O) groups is 1. The fourth-order valence-corrected chi connectivity index (χ4v) is 5.46. The second-order valence-electron chi connectivity index (χ2n) is 7.50. The van der Waals surface area contributed by atoms with Crippen LogP contribution >= 0.6 is 0 Å². The Labute approximate surface area is 152 Å². The van der Waals surface area contributed by atoms with Gasteiger partial charge in [0.15, 0.2) is 0 Å². The summed E-state index contributed by atoms with van der Waals surface area (Å²) in [6.07, 6.45) is 8.28. The molecular weight excluding hydrogens is 340 g/mol. The topological polar surface area (TPSA) is 83.9 Å². The van der Waals surface area contributed by atoms with E-state index in [-0.39, 0.29) is 17.9 Å². The van der Waals surface area contributed by atoms with Crippen LogP contribution in [0.15, 0.2) is 11.8 Å². The Bertz CT molecular complexity index is 545. The van der Waals surface area contributed by atoms with Gasteiger partial charge in [-0.25, -0.2) is 5.01 Å². The van der Waals surface area contributed by atoms with E-state index in [0.717, 1.165) is 58.2 Å². The molecule has 0 aromatic carbocycles. The number of hydrogen-bond acceptors (Lipinski definition) is 6. The quantitative estimate of drug-likeness (QED) is 0.761. The van der Waals surface area contributed by atoms with Crippen LogP contribution in [0.5, 0.6) is 0 Å². The van der Waals surface area contributed by atoms with Crippen LogP contribution in [0.2, 0.25) is 0 Å². The maximum absolute atomic E-state index is 12.2. The van der Waals surface area contributed by atoms with Crippen molar-refractivity contribution in [1.82, 2.24) is 10.0 Å². The van der Waals surface area contributed by atoms with Gasteiger partial charge in [0.1, 0.15) is 0 Å². The number of carbonyl (C=O) groups excluding carboxylic acids is 1. The van der Waals surface area contributed by atoms with Crippen molar-refractivity contribution in [3.05, 3.63) is 11.8 Å². The van der Waals surface area contributed by atoms with Crippen LogP contribution in [0.4, 0.5) is 0 Å². The number of piperidine rings is 2. The van der Waals surface area contributed by atoms with E-state index in [1.54, 1.807) is 0 Å². The van der Waals surface area contributed by atoms with E-state index >= 15 is 0 Å². The van der Waals surface area contributed by atoms with E-state index in [4.69, 9.17) is 0 Å². The zero-order valence-corrected chi connectivity index (χ0v) is 15.7. The second-order valence-corrected chi connectivity index (χ2v) is 8.37. The van der Waals surface area contributed by atoms with Gasteiger partial charge in [0.2, 0.25) is 5.12 Å². The fraction of sp³-hybridized carbons (Fsp3) is 0.833. The normalized spacial score (nSPS) is 31.2. The summed E-state index contributed by atoms with van der Waals surface area (Å²) in [5.41, 5.74) is 1.28. The molecule has 6 nitrogen and oxygen atoms in total. The Kier molecular flexibility index (Phi) is 6.30. The Hall–Kier alpha value is -0.760. The highest BCUT2D eigenvalue weighted by molar-refractivity contribution is 7.95. The summed E-state index contributed by atoms with van der Waals surface area (Å²) in [7, 11) is 0. The van der Waals surface area contributed by atoms with E-state index < -0.39 is 22.1 Å². The largest absolute Gasteiger partial charge is 0.766 e. The lowest BCUT2D eigenvalue weighted by Gasteiger charge is -2.51. The van der Waals surface area contributed by atoms with Crippen molar-refractivity contribution in [2.75, 3.05) is 19.6 Å². The van der Waals surface area contributed by atoms with Crippen molar-refractivity contribution < 1.29 is 18.7 Å². The van der Waals surface area contributed by atoms with Crippen LogP contribution in [-0.4, -0.2) is 54.7 Å². The van der Waals surface area contributed by atoms with Crippen molar-refractivity contribution >= 4 is 16.2 Å². The molecule has 0 amide bonds. The monoisotopic (exact) mass is 369 g/mol. The molecule has 7 heteroatoms. The first-order valence-electron chi connectivity index (χ1n) is 9.56. The Morgan fingerprint density at radius 2 is 2.04 bits per heavy atom. The molecule has 2 fully saturated rings. The summed E-state index contributed by atoms with van der Waals surface area (Å²) in [4.78, 5) is 12.2. The molecule has 0 spiro atoms. The molecule has 2 saturated heterocycles. The van der Waals surface area contributed by atoms with Crippen LogP contribution in [-0.2, 0) is 15.9 Å². The number of aliphatic hydroxyl groups is 1. The summed E-state index contributed by atoms with van der Waals surface area (Å²) in [6.45, 7) is 4.46. The number of hydrogen-bond donors (Lipinski definition) is 1. The van der Waals surface area contributed by atoms with Crippen molar-refractivity contribution in [2.24, 2.45) is 17.8 Å². The van der Waals surface area contributed by atoms with Crippen LogP contribution in [0, 0.1) is 17.8 Å². The van der Waals surface area contributed by atoms with Gasteiger partial charge in [0.25, 0.3) is 0 Å². The minimum atomic E-state index is -2.63. The first kappa shape index (κ1) is 19.0. The smallest absolute Gasteiger partial charge is 0.208 e. The highest BCUT2D eigenvalue weighted by Gasteiger charge is 2.42. The van der Waals surface area contributed by atoms with Crippen LogP contribution in [0.25, 0.3) is 0 Å². The lowest BCUT2D eigenvalue weighted by atomic mass is 9.71. The first-order valence-corrected chi connectivity index (χ1v) is 10.6. The predicted octanol–water partition coefficient (Wildman–Crippen LogP) is 1.80. The van der Waals surface area contributed by atoms with Gasteiger partial charge in [0, 0.05) is 48.2 Å². The summed E-state index contributed by atoms with van der Waals surface area (Å²) < 4.78 is 22.5. The maximum Gasteiger partial charge on any atom is 0.208 e. The summed E-state index contributed by atoms with van der Waals surface area (Å²) >= 11 is -2.63. The van der Waals surface area contributed by atoms with E-state index in [9.17, 15) is 18.7 Å². The molecule has 0 aromatic heterocycles. The Morgan fingerprint density at radius 1 is 1.32 bits per heavy atom. The molecular formula is C18H29N2O4S-. The summed E-state index contributed by atoms with van der Waals surface area (Å²) in [5.74, 6) is -0.00413. The zero-order valence-electron chi connectivity index (χ0n) is 14.9. The first-order chi connectivity index (χ1) is 12.0. The van der Waals surface area contributed by atoms with E-state index in [0.29, 0.717) is 6.42 Å². The minimum absolute atomic E-state index is 0.119. The molecule has 4 atom stereocenters. The van der Waals surface area contributed by atoms with E-state index in [1.807, 2.05) is 6.92 Å². The molecule has 4 unspecified atom stereocenters. The maximum atomic E-state index is 12.2. The van der Waals surface area contributed by atoms with Gasteiger partial charge in [0.05, 0.1) is 6.10 Å². The summed E-state index contributed by atoms with van der Waals surface area (Å²) in [5, 5.41) is 13.8. The van der Waals surface area contributed by atoms with Gasteiger partial charge in [-0.1, -0.05) is 13.0 Å². The molecule has 3 rings (SSSR count). The van der Waals surface area contributed by atoms with Crippen LogP contribution in [0.1, 0.15) is 51.9 Å². The SMILES string of the molecule is CCC(C(=O)S(=O)[O-])C1CCN(N2CCC(O)CC2)C2=CCCCC21. The van der Waals surface area contributed by atoms with Crippen molar-refractivity contribution in [3.8, 4) is 0 Å². The Morgan fingerprint density at radius 3 is 2.68 bits per heavy atom. The van der Waals surface area contributed by atoms with Crippen molar-refractivity contribution in [2.45, 2.75) is 58.0 Å². The number of rotatable bonds is 4. The molecule has 2 aliphatic heterocycles. The molecule has 25 heavy (non-hydrogen) atoms. The molecule has 0 aromatic rings. The second kappa shape index (κ2) is 8.29. The van der Waals surface area contributed by atoms with Gasteiger partial charge in [-0.05, 0) is 50.9 Å². The molecule has 0 saturated carbocycles. The third-order valence-corrected chi connectivity index (χ3v) is 6.78. The molecule has 142 valence electrons. The van der Waals surface area contributed by atoms with Gasteiger partial charge >= 0.3 is 0 Å². The molecule has 1 aliphatic carbocycles. The highest BCUT2D eigenvalue weighted by atomic mass is 32.2. The van der Waals surface area contributed by atoms with Crippen LogP contribution < -0.4 is 0 Å². The average Bonchev–Trinajstić information content (AvgIpc) is 2.63. The highest BCUT2D eigenvalue weighted by Crippen LogP contribution is 2.44. The van der Waals surface area contributed by atoms with E-state index in [1.165, 1.54) is 5.70 Å². The van der Waals surface area contributed by atoms with Crippen LogP contribution in [0.3, 0.4) is 0 Å². The number of nitrogens with zero attached hydrogens (tertiary/aromatic N) is 2. The molecule has 0 bridgehead atoms. The van der Waals surface area contributed by atoms with Gasteiger partial charge in [-0.3, -0.25) is 9.00 Å². The molecule has 1 N–H and O–H groups in total. The lowest BCUT2D eigenvalue weighted by molar-refractivity contribution is -0.120. The standard InChI is InChI=1S/C18H30N2O4S/c1-2-14(18(22)25(23)24)15-9-12-20(17-6-4-3-5-16(15)17)19-10-7-13(21)8-11-19/h6,13-16,21H,2-5,7-12H2,1H3,(H,23,24)/p-1. The van der Waals surface area contributed by atoms with Gasteiger partial charge < -0.3 is 14.7 Å². The number of fused-ring (bicyclic) bond motifs is 1. The van der Waals surface area contributed by atoms with Crippen molar-refractivity contribution in [1.29, 1.82) is 0 Å². The fourth-order valence-electron chi connectivity index (χ4n) is 4.87. The number of hydrazine groups is 1. The van der Waals surface area contributed by atoms with E-state index in [2.05, 4.69) is 16.1 Å². The predicted molar refractivity (Wildman–Crippen MR) is 94.8 cm³/mol. The number of allylic oxidation sites excluding steroid dienone is 2. The zero-order chi connectivity index (χ0) is 18.0. The summed E-state index contributed by atoms with van der Waals surface area (Å²) in [6, 6.07) is 0. The minimum Gasteiger partial charge on any atom is -0.766 e. The molecule has 3 aliphatic rings. The Balaban J connectivity index is 1.78. The molecule has 0 radical (unpaired) electrons. The van der Waals surface area contributed by atoms with Crippen molar-refractivity contribution in [3.63, 3.8) is 0 Å². The van der Waals surface area contributed by atoms with Gasteiger partial charge in [-0.15, -0.1) is 0 Å². The third kappa shape index (κ3) is 3.99. The third-order valence-electron chi connectivity index (χ3n) is 6.15. The average molecular weight is 370 g/mol. The molecule has 2 heterocycles. The number of aliphatic hydroxyl groups excluding tert-OH is 1. The lowest BCUT2D eigenvalue weighted by Crippen LogP contribution is -2.53. The van der Waals surface area contributed by atoms with Gasteiger partial charge in [-0.2, -0.15) is 0 Å².